The summed E-state index contributed by atoms with van der Waals surface area (Å²) in [6.07, 6.45) is -0.621. The Morgan fingerprint density at radius 1 is 1.18 bits per heavy atom. The molecule has 0 saturated heterocycles. The molecule has 0 saturated carbocycles. The first kappa shape index (κ1) is 22.4. The average molecular weight is 450 g/mol. The molecule has 1 N–H and O–H groups in total. The summed E-state index contributed by atoms with van der Waals surface area (Å²) in [5, 5.41) is 6.82. The second-order valence-corrected chi connectivity index (χ2v) is 8.20. The topological polar surface area (TPSA) is 93.9 Å². The van der Waals surface area contributed by atoms with E-state index in [0.29, 0.717) is 35.2 Å². The summed E-state index contributed by atoms with van der Waals surface area (Å²) in [5.41, 5.74) is 4.79. The highest BCUT2D eigenvalue weighted by Gasteiger charge is 2.33. The molecule has 0 radical (unpaired) electrons. The number of rotatable bonds is 6. The summed E-state index contributed by atoms with van der Waals surface area (Å²) < 4.78 is 16.7. The molecular weight excluding hydrogens is 422 g/mol. The first-order valence-corrected chi connectivity index (χ1v) is 10.8. The van der Waals surface area contributed by atoms with E-state index in [1.165, 1.54) is 0 Å². The third kappa shape index (κ3) is 4.55. The van der Waals surface area contributed by atoms with Gasteiger partial charge in [-0.25, -0.2) is 0 Å². The molecule has 2 heterocycles. The van der Waals surface area contributed by atoms with Crippen LogP contribution in [-0.4, -0.2) is 29.7 Å². The predicted molar refractivity (Wildman–Crippen MR) is 124 cm³/mol. The zero-order valence-corrected chi connectivity index (χ0v) is 19.4. The normalized spacial score (nSPS) is 15.1. The van der Waals surface area contributed by atoms with Crippen LogP contribution in [0.4, 0.5) is 11.4 Å². The number of aryl methyl sites for hydroxylation is 3. The van der Waals surface area contributed by atoms with Gasteiger partial charge in [0.2, 0.25) is 0 Å². The molecule has 0 bridgehead atoms. The SMILES string of the molecule is Cc1cccc(OCC(=O)Nc2ccc3c(c2)N(Cc2c(C)noc2C)C(=O)C(C)O3)c1C. The maximum atomic E-state index is 12.9. The van der Waals surface area contributed by atoms with Crippen LogP contribution in [-0.2, 0) is 16.1 Å². The van der Waals surface area contributed by atoms with Crippen molar-refractivity contribution in [3.63, 3.8) is 0 Å². The van der Waals surface area contributed by atoms with Gasteiger partial charge in [0, 0.05) is 11.3 Å². The van der Waals surface area contributed by atoms with Crippen molar-refractivity contribution in [3.05, 3.63) is 64.5 Å². The highest BCUT2D eigenvalue weighted by molar-refractivity contribution is 6.01. The molecule has 1 aliphatic rings. The van der Waals surface area contributed by atoms with Crippen LogP contribution in [0, 0.1) is 27.7 Å². The van der Waals surface area contributed by atoms with Crippen molar-refractivity contribution in [3.8, 4) is 11.5 Å². The summed E-state index contributed by atoms with van der Waals surface area (Å²) in [5.74, 6) is 1.43. The van der Waals surface area contributed by atoms with Gasteiger partial charge in [-0.1, -0.05) is 17.3 Å². The van der Waals surface area contributed by atoms with Crippen LogP contribution in [0.25, 0.3) is 0 Å². The van der Waals surface area contributed by atoms with Crippen LogP contribution >= 0.6 is 0 Å². The van der Waals surface area contributed by atoms with Gasteiger partial charge in [0.1, 0.15) is 17.3 Å². The van der Waals surface area contributed by atoms with Crippen LogP contribution in [0.15, 0.2) is 40.9 Å². The van der Waals surface area contributed by atoms with Crippen LogP contribution in [0.1, 0.15) is 35.1 Å². The zero-order valence-electron chi connectivity index (χ0n) is 19.4. The Balaban J connectivity index is 1.52. The molecule has 0 fully saturated rings. The lowest BCUT2D eigenvalue weighted by molar-refractivity contribution is -0.125. The standard InChI is InChI=1S/C25H27N3O5/c1-14-7-6-8-22(15(14)2)31-13-24(29)26-19-9-10-23-21(11-19)28(25(30)18(5)32-23)12-20-16(3)27-33-17(20)4/h6-11,18H,12-13H2,1-5H3,(H,26,29). The Labute approximate surface area is 192 Å². The third-order valence-electron chi connectivity index (χ3n) is 5.86. The van der Waals surface area contributed by atoms with E-state index < -0.39 is 6.10 Å². The Kier molecular flexibility index (Phi) is 6.09. The van der Waals surface area contributed by atoms with E-state index in [1.54, 1.807) is 30.0 Å². The van der Waals surface area contributed by atoms with Crippen LogP contribution in [0.2, 0.25) is 0 Å². The van der Waals surface area contributed by atoms with Crippen molar-refractivity contribution >= 4 is 23.2 Å². The van der Waals surface area contributed by atoms with Crippen molar-refractivity contribution in [1.82, 2.24) is 5.16 Å². The largest absolute Gasteiger partial charge is 0.483 e. The molecule has 2 amide bonds. The first-order valence-electron chi connectivity index (χ1n) is 10.8. The number of benzene rings is 2. The number of amides is 2. The molecule has 2 aromatic carbocycles. The van der Waals surface area contributed by atoms with Gasteiger partial charge in [0.15, 0.2) is 12.7 Å². The number of nitrogens with zero attached hydrogens (tertiary/aromatic N) is 2. The van der Waals surface area contributed by atoms with E-state index in [0.717, 1.165) is 22.4 Å². The lowest BCUT2D eigenvalue weighted by Crippen LogP contribution is -2.44. The van der Waals surface area contributed by atoms with Gasteiger partial charge in [-0.3, -0.25) is 9.59 Å². The number of ether oxygens (including phenoxy) is 2. The summed E-state index contributed by atoms with van der Waals surface area (Å²) in [6, 6.07) is 10.9. The van der Waals surface area contributed by atoms with Crippen LogP contribution in [0.3, 0.4) is 0 Å². The van der Waals surface area contributed by atoms with E-state index in [4.69, 9.17) is 14.0 Å². The number of carbonyl (C=O) groups is 2. The Morgan fingerprint density at radius 2 is 1.97 bits per heavy atom. The third-order valence-corrected chi connectivity index (χ3v) is 5.86. The highest BCUT2D eigenvalue weighted by Crippen LogP contribution is 2.37. The quantitative estimate of drug-likeness (QED) is 0.605. The molecule has 33 heavy (non-hydrogen) atoms. The maximum Gasteiger partial charge on any atom is 0.268 e. The van der Waals surface area contributed by atoms with Crippen LogP contribution < -0.4 is 19.7 Å². The number of aromatic nitrogens is 1. The fraction of sp³-hybridized carbons (Fsp3) is 0.320. The molecule has 8 nitrogen and oxygen atoms in total. The molecule has 1 unspecified atom stereocenters. The zero-order chi connectivity index (χ0) is 23.7. The molecule has 172 valence electrons. The molecule has 1 aromatic heterocycles. The lowest BCUT2D eigenvalue weighted by Gasteiger charge is -2.33. The minimum atomic E-state index is -0.621. The first-order chi connectivity index (χ1) is 15.7. The van der Waals surface area contributed by atoms with E-state index in [-0.39, 0.29) is 18.4 Å². The molecule has 1 aliphatic heterocycles. The predicted octanol–water partition coefficient (Wildman–Crippen LogP) is 4.24. The molecule has 0 aliphatic carbocycles. The Morgan fingerprint density at radius 3 is 2.70 bits per heavy atom. The summed E-state index contributed by atoms with van der Waals surface area (Å²) >= 11 is 0. The summed E-state index contributed by atoms with van der Waals surface area (Å²) in [6.45, 7) is 9.49. The number of hydrogen-bond acceptors (Lipinski definition) is 6. The van der Waals surface area contributed by atoms with Crippen molar-refractivity contribution in [2.24, 2.45) is 0 Å². The van der Waals surface area contributed by atoms with Crippen molar-refractivity contribution in [1.29, 1.82) is 0 Å². The molecular formula is C25H27N3O5. The van der Waals surface area contributed by atoms with E-state index in [1.807, 2.05) is 45.9 Å². The lowest BCUT2D eigenvalue weighted by atomic mass is 10.1. The Hall–Kier alpha value is -3.81. The van der Waals surface area contributed by atoms with Gasteiger partial charge >= 0.3 is 0 Å². The van der Waals surface area contributed by atoms with Crippen molar-refractivity contribution in [2.75, 3.05) is 16.8 Å². The number of nitrogens with one attached hydrogen (secondary N) is 1. The highest BCUT2D eigenvalue weighted by atomic mass is 16.5. The average Bonchev–Trinajstić information content (AvgIpc) is 3.10. The summed E-state index contributed by atoms with van der Waals surface area (Å²) in [7, 11) is 0. The number of carbonyl (C=O) groups excluding carboxylic acids is 2. The smallest absolute Gasteiger partial charge is 0.268 e. The molecule has 8 heteroatoms. The van der Waals surface area contributed by atoms with E-state index >= 15 is 0 Å². The van der Waals surface area contributed by atoms with Crippen molar-refractivity contribution in [2.45, 2.75) is 47.3 Å². The second-order valence-electron chi connectivity index (χ2n) is 8.20. The van der Waals surface area contributed by atoms with Gasteiger partial charge in [-0.2, -0.15) is 0 Å². The fourth-order valence-electron chi connectivity index (χ4n) is 3.75. The number of fused-ring (bicyclic) bond motifs is 1. The molecule has 0 spiro atoms. The minimum Gasteiger partial charge on any atom is -0.483 e. The van der Waals surface area contributed by atoms with Gasteiger partial charge in [0.25, 0.3) is 11.8 Å². The second kappa shape index (κ2) is 8.97. The summed E-state index contributed by atoms with van der Waals surface area (Å²) in [4.78, 5) is 27.1. The molecule has 1 atom stereocenters. The van der Waals surface area contributed by atoms with Gasteiger partial charge < -0.3 is 24.2 Å². The fourth-order valence-corrected chi connectivity index (χ4v) is 3.75. The molecule has 3 aromatic rings. The number of anilines is 2. The van der Waals surface area contributed by atoms with Gasteiger partial charge in [0.05, 0.1) is 17.9 Å². The van der Waals surface area contributed by atoms with Crippen molar-refractivity contribution < 1.29 is 23.6 Å². The number of hydrogen-bond donors (Lipinski definition) is 1. The monoisotopic (exact) mass is 449 g/mol. The van der Waals surface area contributed by atoms with Gasteiger partial charge in [-0.05, 0) is 70.0 Å². The van der Waals surface area contributed by atoms with E-state index in [2.05, 4.69) is 10.5 Å². The van der Waals surface area contributed by atoms with Gasteiger partial charge in [-0.15, -0.1) is 0 Å². The van der Waals surface area contributed by atoms with E-state index in [9.17, 15) is 9.59 Å². The maximum absolute atomic E-state index is 12.9. The van der Waals surface area contributed by atoms with Crippen LogP contribution in [0.5, 0.6) is 11.5 Å². The molecule has 4 rings (SSSR count). The Bertz CT molecular complexity index is 1200. The minimum absolute atomic E-state index is 0.128.